The highest BCUT2D eigenvalue weighted by Crippen LogP contribution is 2.41. The summed E-state index contributed by atoms with van der Waals surface area (Å²) in [5, 5.41) is 20.7. The van der Waals surface area contributed by atoms with Crippen LogP contribution in [0.3, 0.4) is 0 Å². The Morgan fingerprint density at radius 3 is 2.31 bits per heavy atom. The Morgan fingerprint density at radius 1 is 0.877 bits per heavy atom. The van der Waals surface area contributed by atoms with Gasteiger partial charge in [-0.2, -0.15) is 0 Å². The third kappa shape index (κ3) is 13.8. The van der Waals surface area contributed by atoms with Crippen LogP contribution in [0.5, 0.6) is 5.75 Å². The number of phenolic OH excluding ortho intramolecular Hbond substituents is 1. The third-order valence-electron chi connectivity index (χ3n) is 12.7. The summed E-state index contributed by atoms with van der Waals surface area (Å²) in [6.07, 6.45) is 2.61. The highest BCUT2D eigenvalue weighted by atomic mass is 28.4. The number of ether oxygens (including phenoxy) is 1. The van der Waals surface area contributed by atoms with E-state index in [1.165, 1.54) is 6.07 Å². The Morgan fingerprint density at radius 2 is 1.58 bits per heavy atom. The lowest BCUT2D eigenvalue weighted by molar-refractivity contribution is -0.130. The molecule has 0 aliphatic carbocycles. The van der Waals surface area contributed by atoms with Gasteiger partial charge in [0, 0.05) is 81.9 Å². The number of aromatic hydroxyl groups is 1. The van der Waals surface area contributed by atoms with E-state index < -0.39 is 14.4 Å². The molecule has 1 atom stereocenters. The van der Waals surface area contributed by atoms with Gasteiger partial charge in [-0.1, -0.05) is 87.5 Å². The van der Waals surface area contributed by atoms with Crippen LogP contribution in [0.2, 0.25) is 18.1 Å². The number of H-pyrrole nitrogens is 1. The lowest BCUT2D eigenvalue weighted by atomic mass is 10.0. The van der Waals surface area contributed by atoms with Gasteiger partial charge in [-0.25, -0.2) is 4.79 Å². The molecule has 1 fully saturated rings. The molecule has 5 aromatic rings. The molecule has 65 heavy (non-hydrogen) atoms. The number of para-hydroxylation sites is 1. The van der Waals surface area contributed by atoms with Crippen LogP contribution in [0.15, 0.2) is 108 Å². The molecule has 1 saturated heterocycles. The molecule has 0 radical (unpaired) electrons. The topological polar surface area (TPSA) is 165 Å². The first kappa shape index (κ1) is 48.6. The van der Waals surface area contributed by atoms with E-state index in [2.05, 4.69) is 59.7 Å². The number of aromatic amines is 1. The number of fused-ring (bicyclic) bond motifs is 1. The van der Waals surface area contributed by atoms with E-state index in [-0.39, 0.29) is 40.4 Å². The monoisotopic (exact) mass is 902 g/mol. The fraction of sp³-hybridized carbons (Fsp3) is 0.412. The number of nitrogens with zero attached hydrogens (tertiary/aromatic N) is 2. The number of hydrogen-bond acceptors (Lipinski definition) is 9. The number of phenols is 1. The van der Waals surface area contributed by atoms with Crippen molar-refractivity contribution in [2.45, 2.75) is 96.2 Å². The molecule has 14 heteroatoms. The molecule has 1 aliphatic rings. The predicted molar refractivity (Wildman–Crippen MR) is 262 cm³/mol. The van der Waals surface area contributed by atoms with Gasteiger partial charge in [0.15, 0.2) is 8.32 Å². The Labute approximate surface area is 384 Å². The number of aromatic nitrogens is 1. The first-order valence-corrected chi connectivity index (χ1v) is 25.7. The van der Waals surface area contributed by atoms with Crippen LogP contribution < -0.4 is 21.5 Å². The molecule has 1 unspecified atom stereocenters. The van der Waals surface area contributed by atoms with Crippen LogP contribution >= 0.6 is 0 Å². The van der Waals surface area contributed by atoms with Crippen LogP contribution in [-0.4, -0.2) is 92.0 Å². The van der Waals surface area contributed by atoms with Gasteiger partial charge < -0.3 is 39.7 Å². The molecule has 1 aliphatic heterocycles. The Bertz CT molecular complexity index is 2430. The fourth-order valence-electron chi connectivity index (χ4n) is 7.77. The zero-order chi connectivity index (χ0) is 46.6. The van der Waals surface area contributed by atoms with Crippen LogP contribution in [0, 0.1) is 0 Å². The number of rotatable bonds is 19. The second-order valence-electron chi connectivity index (χ2n) is 18.5. The highest BCUT2D eigenvalue weighted by molar-refractivity contribution is 6.74. The molecule has 0 bridgehead atoms. The maximum atomic E-state index is 12.9. The van der Waals surface area contributed by atoms with Crippen molar-refractivity contribution in [3.63, 3.8) is 0 Å². The standard InChI is InChI=1S/C51H66N6O7Si/c1-51(2,3)65(5,6)64-45(41-23-25-44(58)49-42(41)24-26-47(60)55-49)35-52-34-36-19-21-38(22-20-36)53-46(59)18-12-13-30-56(4)48(61)29-33-57-31-27-39(28-32-57)63-50(62)54-43-17-11-10-16-40(43)37-14-8-7-9-15-37/h7-11,14-17,19-26,39,45,52,58H,12-13,18,27-35H2,1-6H3,(H,53,59)(H,54,62)(H,55,60). The largest absolute Gasteiger partial charge is 0.506 e. The summed E-state index contributed by atoms with van der Waals surface area (Å²) in [5.74, 6) is 0.0195. The lowest BCUT2D eigenvalue weighted by Gasteiger charge is -2.39. The van der Waals surface area contributed by atoms with Crippen molar-refractivity contribution >= 4 is 48.5 Å². The van der Waals surface area contributed by atoms with Gasteiger partial charge in [-0.05, 0) is 90.8 Å². The maximum Gasteiger partial charge on any atom is 0.411 e. The zero-order valence-corrected chi connectivity index (χ0v) is 39.7. The fourth-order valence-corrected chi connectivity index (χ4v) is 9.05. The van der Waals surface area contributed by atoms with E-state index in [0.717, 1.165) is 52.8 Å². The molecule has 2 heterocycles. The molecule has 4 aromatic carbocycles. The smallest absolute Gasteiger partial charge is 0.411 e. The van der Waals surface area contributed by atoms with E-state index in [0.29, 0.717) is 69.5 Å². The van der Waals surface area contributed by atoms with Crippen molar-refractivity contribution in [2.24, 2.45) is 0 Å². The van der Waals surface area contributed by atoms with Gasteiger partial charge in [0.05, 0.1) is 17.3 Å². The first-order valence-electron chi connectivity index (χ1n) is 22.8. The number of piperidine rings is 1. The van der Waals surface area contributed by atoms with Crippen LogP contribution in [-0.2, 0) is 25.3 Å². The van der Waals surface area contributed by atoms with Crippen LogP contribution in [0.25, 0.3) is 22.0 Å². The number of unbranched alkanes of at least 4 members (excludes halogenated alkanes) is 1. The van der Waals surface area contributed by atoms with Crippen molar-refractivity contribution in [3.05, 3.63) is 125 Å². The second-order valence-corrected chi connectivity index (χ2v) is 23.3. The number of amides is 3. The summed E-state index contributed by atoms with van der Waals surface area (Å²) in [7, 11) is -0.401. The van der Waals surface area contributed by atoms with Crippen LogP contribution in [0.1, 0.15) is 76.5 Å². The Kier molecular flexibility index (Phi) is 16.8. The third-order valence-corrected chi connectivity index (χ3v) is 17.2. The molecule has 5 N–H and O–H groups in total. The summed E-state index contributed by atoms with van der Waals surface area (Å²) >= 11 is 0. The van der Waals surface area contributed by atoms with E-state index in [9.17, 15) is 24.3 Å². The number of carbonyl (C=O) groups is 3. The minimum absolute atomic E-state index is 0.0160. The average molecular weight is 903 g/mol. The van der Waals surface area contributed by atoms with Crippen molar-refractivity contribution in [1.82, 2.24) is 20.1 Å². The number of likely N-dealkylation sites (tertiary alicyclic amines) is 1. The van der Waals surface area contributed by atoms with E-state index in [1.54, 1.807) is 17.0 Å². The number of carbonyl (C=O) groups excluding carboxylic acids is 3. The second kappa shape index (κ2) is 22.4. The van der Waals surface area contributed by atoms with E-state index in [1.807, 2.05) is 92.0 Å². The number of nitrogens with one attached hydrogen (secondary N) is 4. The van der Waals surface area contributed by atoms with Gasteiger partial charge in [0.25, 0.3) is 0 Å². The van der Waals surface area contributed by atoms with E-state index in [4.69, 9.17) is 9.16 Å². The molecule has 6 rings (SSSR count). The van der Waals surface area contributed by atoms with E-state index >= 15 is 0 Å². The van der Waals surface area contributed by atoms with Crippen molar-refractivity contribution in [1.29, 1.82) is 0 Å². The molecular weight excluding hydrogens is 837 g/mol. The van der Waals surface area contributed by atoms with Gasteiger partial charge in [-0.15, -0.1) is 0 Å². The van der Waals surface area contributed by atoms with Crippen LogP contribution in [0.4, 0.5) is 16.2 Å². The molecule has 346 valence electrons. The Hall–Kier alpha value is -5.80. The summed E-state index contributed by atoms with van der Waals surface area (Å²) in [5.41, 5.74) is 5.43. The summed E-state index contributed by atoms with van der Waals surface area (Å²) in [6, 6.07) is 32.0. The van der Waals surface area contributed by atoms with Crippen molar-refractivity contribution in [3.8, 4) is 16.9 Å². The minimum atomic E-state index is -2.21. The van der Waals surface area contributed by atoms with Gasteiger partial charge in [0.1, 0.15) is 11.9 Å². The number of anilines is 2. The van der Waals surface area contributed by atoms with Gasteiger partial charge in [0.2, 0.25) is 17.4 Å². The zero-order valence-electron chi connectivity index (χ0n) is 38.7. The predicted octanol–water partition coefficient (Wildman–Crippen LogP) is 9.42. The molecule has 13 nitrogen and oxygen atoms in total. The molecule has 3 amide bonds. The average Bonchev–Trinajstić information content (AvgIpc) is 3.28. The first-order chi connectivity index (χ1) is 31.1. The van der Waals surface area contributed by atoms with Crippen molar-refractivity contribution < 1.29 is 28.7 Å². The molecule has 0 spiro atoms. The van der Waals surface area contributed by atoms with Crippen molar-refractivity contribution in [2.75, 3.05) is 50.4 Å². The normalized spacial score (nSPS) is 14.2. The summed E-state index contributed by atoms with van der Waals surface area (Å²) in [4.78, 5) is 57.4. The highest BCUT2D eigenvalue weighted by Gasteiger charge is 2.40. The molecule has 1 aromatic heterocycles. The Balaban J connectivity index is 0.863. The number of benzene rings is 4. The van der Waals surface area contributed by atoms with Gasteiger partial charge in [-0.3, -0.25) is 19.7 Å². The maximum absolute atomic E-state index is 12.9. The molecular formula is C51H66N6O7Si. The number of hydrogen-bond donors (Lipinski definition) is 5. The summed E-state index contributed by atoms with van der Waals surface area (Å²) < 4.78 is 12.7. The summed E-state index contributed by atoms with van der Waals surface area (Å²) in [6.45, 7) is 14.8. The quantitative estimate of drug-likeness (QED) is 0.0401. The van der Waals surface area contributed by atoms with Gasteiger partial charge >= 0.3 is 6.09 Å². The number of pyridine rings is 1. The SMILES string of the molecule is CN(CCCCC(=O)Nc1ccc(CNCC(O[Si](C)(C)C(C)(C)C)c2ccc(O)c3[nH]c(=O)ccc23)cc1)C(=O)CCN1CCC(OC(=O)Nc2ccccc2-c2ccccc2)CC1. The molecule has 0 saturated carbocycles. The lowest BCUT2D eigenvalue weighted by Crippen LogP contribution is -2.43. The minimum Gasteiger partial charge on any atom is -0.506 e.